The van der Waals surface area contributed by atoms with Crippen molar-refractivity contribution in [2.45, 2.75) is 31.8 Å². The molecule has 2 aliphatic heterocycles. The topological polar surface area (TPSA) is 94.3 Å². The van der Waals surface area contributed by atoms with Crippen molar-refractivity contribution in [3.05, 3.63) is 65.4 Å². The van der Waals surface area contributed by atoms with Gasteiger partial charge in [0.2, 0.25) is 11.8 Å². The zero-order chi connectivity index (χ0) is 20.7. The molecule has 2 aliphatic rings. The van der Waals surface area contributed by atoms with Crippen molar-refractivity contribution in [1.82, 2.24) is 15.2 Å². The summed E-state index contributed by atoms with van der Waals surface area (Å²) in [6.07, 6.45) is 1.27. The van der Waals surface area contributed by atoms with E-state index in [-0.39, 0.29) is 30.6 Å². The average molecular weight is 402 g/mol. The van der Waals surface area contributed by atoms with Crippen LogP contribution in [0.1, 0.15) is 34.5 Å². The highest BCUT2D eigenvalue weighted by Gasteiger charge is 2.29. The Morgan fingerprint density at radius 1 is 1.07 bits per heavy atom. The summed E-state index contributed by atoms with van der Waals surface area (Å²) in [5.74, 6) is -0.608. The first-order chi connectivity index (χ1) is 14.6. The van der Waals surface area contributed by atoms with Crippen LogP contribution in [0.4, 0.5) is 5.69 Å². The molecule has 0 radical (unpaired) electrons. The van der Waals surface area contributed by atoms with Gasteiger partial charge in [-0.2, -0.15) is 0 Å². The number of carbonyl (C=O) groups is 3. The number of nitrogens with one attached hydrogen (secondary N) is 3. The van der Waals surface area contributed by atoms with Gasteiger partial charge in [-0.05, 0) is 36.6 Å². The van der Waals surface area contributed by atoms with Gasteiger partial charge in [0.1, 0.15) is 6.04 Å². The maximum atomic E-state index is 12.8. The minimum absolute atomic E-state index is 0.0110. The van der Waals surface area contributed by atoms with Crippen LogP contribution >= 0.6 is 0 Å². The van der Waals surface area contributed by atoms with Gasteiger partial charge in [-0.3, -0.25) is 14.4 Å². The molecule has 3 amide bonds. The normalized spacial score (nSPS) is 18.3. The second-order valence-corrected chi connectivity index (χ2v) is 7.79. The van der Waals surface area contributed by atoms with Gasteiger partial charge < -0.3 is 20.5 Å². The van der Waals surface area contributed by atoms with E-state index in [9.17, 15) is 14.4 Å². The molecule has 0 saturated carbocycles. The predicted molar refractivity (Wildman–Crippen MR) is 113 cm³/mol. The lowest BCUT2D eigenvalue weighted by atomic mass is 10.0. The summed E-state index contributed by atoms with van der Waals surface area (Å²) in [5.41, 5.74) is 4.38. The largest absolute Gasteiger partial charge is 0.357 e. The monoisotopic (exact) mass is 402 g/mol. The van der Waals surface area contributed by atoms with Gasteiger partial charge in [-0.1, -0.05) is 30.3 Å². The molecule has 0 fully saturated rings. The molecular formula is C23H22N4O3. The second-order valence-electron chi connectivity index (χ2n) is 7.79. The van der Waals surface area contributed by atoms with Crippen LogP contribution in [0.2, 0.25) is 0 Å². The standard InChI is InChI=1S/C23H22N4O3/c28-21(27-12-11-15-14-5-1-3-7-17(14)24-20(15)13-27)10-9-19-23(30)25-18-8-4-2-6-16(18)22(29)26-19/h1-8,19,24H,9-13H2,(H,25,30)(H,26,29)/t19-/m1/s1. The quantitative estimate of drug-likeness (QED) is 0.629. The zero-order valence-electron chi connectivity index (χ0n) is 16.4. The molecule has 7 heteroatoms. The molecular weight excluding hydrogens is 380 g/mol. The van der Waals surface area contributed by atoms with E-state index >= 15 is 0 Å². The smallest absolute Gasteiger partial charge is 0.254 e. The number of hydrogen-bond acceptors (Lipinski definition) is 3. The average Bonchev–Trinajstić information content (AvgIpc) is 3.08. The third-order valence-electron chi connectivity index (χ3n) is 5.93. The van der Waals surface area contributed by atoms with Crippen molar-refractivity contribution in [3.8, 4) is 0 Å². The minimum atomic E-state index is -0.734. The van der Waals surface area contributed by atoms with Crippen LogP contribution in [-0.4, -0.2) is 40.2 Å². The number of anilines is 1. The van der Waals surface area contributed by atoms with E-state index in [1.54, 1.807) is 24.3 Å². The van der Waals surface area contributed by atoms with E-state index in [1.807, 2.05) is 23.1 Å². The molecule has 1 aromatic heterocycles. The van der Waals surface area contributed by atoms with Crippen LogP contribution in [0, 0.1) is 0 Å². The number of hydrogen-bond donors (Lipinski definition) is 3. The Labute approximate surface area is 173 Å². The van der Waals surface area contributed by atoms with Gasteiger partial charge >= 0.3 is 0 Å². The molecule has 0 spiro atoms. The fourth-order valence-electron chi connectivity index (χ4n) is 4.35. The number of nitrogens with zero attached hydrogens (tertiary/aromatic N) is 1. The predicted octanol–water partition coefficient (Wildman–Crippen LogP) is 2.58. The molecule has 5 rings (SSSR count). The summed E-state index contributed by atoms with van der Waals surface area (Å²) < 4.78 is 0. The molecule has 152 valence electrons. The number of H-pyrrole nitrogens is 1. The molecule has 0 unspecified atom stereocenters. The Morgan fingerprint density at radius 3 is 2.77 bits per heavy atom. The van der Waals surface area contributed by atoms with Crippen molar-refractivity contribution in [1.29, 1.82) is 0 Å². The van der Waals surface area contributed by atoms with Gasteiger partial charge in [0, 0.05) is 29.6 Å². The van der Waals surface area contributed by atoms with E-state index in [1.165, 1.54) is 10.9 Å². The van der Waals surface area contributed by atoms with Crippen LogP contribution < -0.4 is 10.6 Å². The summed E-state index contributed by atoms with van der Waals surface area (Å²) in [6.45, 7) is 1.19. The van der Waals surface area contributed by atoms with Crippen molar-refractivity contribution in [2.24, 2.45) is 0 Å². The van der Waals surface area contributed by atoms with Crippen LogP contribution in [0.3, 0.4) is 0 Å². The third-order valence-corrected chi connectivity index (χ3v) is 5.93. The molecule has 3 heterocycles. The first-order valence-electron chi connectivity index (χ1n) is 10.2. The van der Waals surface area contributed by atoms with Gasteiger partial charge in [-0.15, -0.1) is 0 Å². The first kappa shape index (κ1) is 18.4. The fourth-order valence-corrected chi connectivity index (χ4v) is 4.35. The van der Waals surface area contributed by atoms with Crippen molar-refractivity contribution >= 4 is 34.3 Å². The number of benzene rings is 2. The van der Waals surface area contributed by atoms with Crippen LogP contribution in [0.15, 0.2) is 48.5 Å². The Bertz CT molecular complexity index is 1170. The third kappa shape index (κ3) is 3.22. The highest BCUT2D eigenvalue weighted by molar-refractivity contribution is 6.09. The van der Waals surface area contributed by atoms with Gasteiger partial charge in [0.25, 0.3) is 5.91 Å². The number of para-hydroxylation sites is 2. The zero-order valence-corrected chi connectivity index (χ0v) is 16.4. The second kappa shape index (κ2) is 7.33. The van der Waals surface area contributed by atoms with E-state index < -0.39 is 6.04 Å². The van der Waals surface area contributed by atoms with E-state index in [4.69, 9.17) is 0 Å². The Balaban J connectivity index is 1.24. The van der Waals surface area contributed by atoms with Crippen molar-refractivity contribution in [3.63, 3.8) is 0 Å². The number of fused-ring (bicyclic) bond motifs is 4. The molecule has 3 N–H and O–H groups in total. The number of aromatic amines is 1. The maximum Gasteiger partial charge on any atom is 0.254 e. The number of amides is 3. The molecule has 0 aliphatic carbocycles. The molecule has 3 aromatic rings. The molecule has 0 saturated heterocycles. The lowest BCUT2D eigenvalue weighted by Gasteiger charge is -2.27. The highest BCUT2D eigenvalue weighted by Crippen LogP contribution is 2.28. The summed E-state index contributed by atoms with van der Waals surface area (Å²) in [4.78, 5) is 43.0. The van der Waals surface area contributed by atoms with Gasteiger partial charge in [0.15, 0.2) is 0 Å². The van der Waals surface area contributed by atoms with Crippen LogP contribution in [-0.2, 0) is 22.6 Å². The lowest BCUT2D eigenvalue weighted by Crippen LogP contribution is -2.42. The van der Waals surface area contributed by atoms with Crippen molar-refractivity contribution in [2.75, 3.05) is 11.9 Å². The van der Waals surface area contributed by atoms with Crippen LogP contribution in [0.25, 0.3) is 10.9 Å². The highest BCUT2D eigenvalue weighted by atomic mass is 16.2. The molecule has 0 bridgehead atoms. The Hall–Kier alpha value is -3.61. The summed E-state index contributed by atoms with van der Waals surface area (Å²) in [7, 11) is 0. The fraction of sp³-hybridized carbons (Fsp3) is 0.261. The van der Waals surface area contributed by atoms with Crippen LogP contribution in [0.5, 0.6) is 0 Å². The first-order valence-corrected chi connectivity index (χ1v) is 10.2. The van der Waals surface area contributed by atoms with Crippen molar-refractivity contribution < 1.29 is 14.4 Å². The van der Waals surface area contributed by atoms with E-state index in [0.717, 1.165) is 17.6 Å². The van der Waals surface area contributed by atoms with Gasteiger partial charge in [0.05, 0.1) is 17.8 Å². The number of rotatable bonds is 3. The Morgan fingerprint density at radius 2 is 1.87 bits per heavy atom. The molecule has 7 nitrogen and oxygen atoms in total. The SMILES string of the molecule is O=C1N[C@H](CCC(=O)N2CCc3c([nH]c4ccccc34)C2)C(=O)Nc2ccccc21. The Kier molecular flexibility index (Phi) is 4.50. The molecule has 1 atom stereocenters. The van der Waals surface area contributed by atoms with Gasteiger partial charge in [-0.25, -0.2) is 0 Å². The lowest BCUT2D eigenvalue weighted by molar-refractivity contribution is -0.132. The number of aromatic nitrogens is 1. The maximum absolute atomic E-state index is 12.8. The minimum Gasteiger partial charge on any atom is -0.357 e. The number of carbonyl (C=O) groups excluding carboxylic acids is 3. The summed E-state index contributed by atoms with van der Waals surface area (Å²) >= 11 is 0. The molecule has 30 heavy (non-hydrogen) atoms. The van der Waals surface area contributed by atoms with E-state index in [2.05, 4.69) is 21.7 Å². The summed E-state index contributed by atoms with van der Waals surface area (Å²) in [5, 5.41) is 6.75. The molecule has 2 aromatic carbocycles. The van der Waals surface area contributed by atoms with E-state index in [0.29, 0.717) is 24.3 Å². The summed E-state index contributed by atoms with van der Waals surface area (Å²) in [6, 6.07) is 14.3.